The lowest BCUT2D eigenvalue weighted by molar-refractivity contribution is 0.660. The van der Waals surface area contributed by atoms with E-state index < -0.39 is 0 Å². The molecule has 1 heteroatoms. The summed E-state index contributed by atoms with van der Waals surface area (Å²) in [7, 11) is 0. The van der Waals surface area contributed by atoms with Gasteiger partial charge in [0.25, 0.3) is 0 Å². The Balaban J connectivity index is 1.08. The van der Waals surface area contributed by atoms with Crippen molar-refractivity contribution in [1.82, 2.24) is 0 Å². The Morgan fingerprint density at radius 1 is 0.298 bits per heavy atom. The van der Waals surface area contributed by atoms with E-state index in [9.17, 15) is 0 Å². The first-order chi connectivity index (χ1) is 28.0. The molecule has 3 aliphatic carbocycles. The van der Waals surface area contributed by atoms with Gasteiger partial charge in [0.05, 0.1) is 5.41 Å². The smallest absolute Gasteiger partial charge is 0.0725 e. The second-order valence-electron chi connectivity index (χ2n) is 16.5. The number of anilines is 3. The van der Waals surface area contributed by atoms with Crippen molar-refractivity contribution in [3.63, 3.8) is 0 Å². The van der Waals surface area contributed by atoms with Gasteiger partial charge in [-0.05, 0) is 131 Å². The molecule has 9 aromatic rings. The molecule has 0 fully saturated rings. The van der Waals surface area contributed by atoms with Crippen LogP contribution < -0.4 is 4.90 Å². The highest BCUT2D eigenvalue weighted by molar-refractivity contribution is 5.97. The average Bonchev–Trinajstić information content (AvgIpc) is 3.82. The van der Waals surface area contributed by atoms with Gasteiger partial charge in [-0.1, -0.05) is 172 Å². The van der Waals surface area contributed by atoms with Gasteiger partial charge in [0.1, 0.15) is 0 Å². The topological polar surface area (TPSA) is 3.24 Å². The maximum atomic E-state index is 2.48. The third-order valence-electron chi connectivity index (χ3n) is 13.3. The van der Waals surface area contributed by atoms with E-state index in [1.165, 1.54) is 88.7 Å². The first-order valence-electron chi connectivity index (χ1n) is 20.1. The van der Waals surface area contributed by atoms with Crippen LogP contribution in [0.3, 0.4) is 0 Å². The molecule has 0 atom stereocenters. The van der Waals surface area contributed by atoms with Crippen LogP contribution in [-0.2, 0) is 10.8 Å². The molecule has 0 heterocycles. The van der Waals surface area contributed by atoms with Crippen molar-refractivity contribution in [2.75, 3.05) is 4.90 Å². The molecular weight excluding hydrogens is 687 g/mol. The summed E-state index contributed by atoms with van der Waals surface area (Å²) in [5, 5.41) is 2.50. The fraction of sp³-hybridized carbons (Fsp3) is 0.0714. The quantitative estimate of drug-likeness (QED) is 0.175. The van der Waals surface area contributed by atoms with Gasteiger partial charge in [-0.15, -0.1) is 0 Å². The minimum Gasteiger partial charge on any atom is -0.310 e. The van der Waals surface area contributed by atoms with Gasteiger partial charge in [0, 0.05) is 22.5 Å². The summed E-state index contributed by atoms with van der Waals surface area (Å²) in [6.07, 6.45) is 0. The standard InChI is InChI=1S/C56H39N/c1-55(2)49-22-9-5-18-43(49)47-30-28-42(35-54(47)55)57(40-17-13-16-38(33-40)39-27-26-36-14-3-4-15-37(36)32-39)41-29-31-53-48(34-41)46-21-8-12-25-52(46)56(53)50-23-10-6-19-44(50)45-20-7-11-24-51(45)56/h3-35H,1-2H3. The van der Waals surface area contributed by atoms with Gasteiger partial charge in [0.15, 0.2) is 0 Å². The fourth-order valence-electron chi connectivity index (χ4n) is 10.7. The van der Waals surface area contributed by atoms with E-state index in [4.69, 9.17) is 0 Å². The minimum atomic E-state index is -0.373. The van der Waals surface area contributed by atoms with Crippen LogP contribution in [0.25, 0.3) is 55.3 Å². The zero-order chi connectivity index (χ0) is 37.9. The Hall–Kier alpha value is -6.96. The van der Waals surface area contributed by atoms with E-state index in [-0.39, 0.29) is 10.8 Å². The van der Waals surface area contributed by atoms with E-state index in [2.05, 4.69) is 219 Å². The van der Waals surface area contributed by atoms with Crippen LogP contribution in [0.15, 0.2) is 200 Å². The van der Waals surface area contributed by atoms with Gasteiger partial charge >= 0.3 is 0 Å². The molecule has 57 heavy (non-hydrogen) atoms. The molecule has 1 spiro atoms. The predicted octanol–water partition coefficient (Wildman–Crippen LogP) is 14.6. The highest BCUT2D eigenvalue weighted by Crippen LogP contribution is 2.63. The number of hydrogen-bond acceptors (Lipinski definition) is 1. The lowest BCUT2D eigenvalue weighted by Crippen LogP contribution is -2.25. The second kappa shape index (κ2) is 11.8. The van der Waals surface area contributed by atoms with Crippen molar-refractivity contribution >= 4 is 27.8 Å². The van der Waals surface area contributed by atoms with E-state index in [1.54, 1.807) is 0 Å². The summed E-state index contributed by atoms with van der Waals surface area (Å²) in [4.78, 5) is 2.48. The molecular formula is C56H39N. The molecule has 3 aliphatic rings. The second-order valence-corrected chi connectivity index (χ2v) is 16.5. The highest BCUT2D eigenvalue weighted by atomic mass is 15.1. The molecule has 0 amide bonds. The number of nitrogens with zero attached hydrogens (tertiary/aromatic N) is 1. The summed E-state index contributed by atoms with van der Waals surface area (Å²) in [6, 6.07) is 75.0. The molecule has 0 N–H and O–H groups in total. The van der Waals surface area contributed by atoms with Crippen LogP contribution >= 0.6 is 0 Å². The van der Waals surface area contributed by atoms with Gasteiger partial charge in [0.2, 0.25) is 0 Å². The normalized spacial score (nSPS) is 14.4. The van der Waals surface area contributed by atoms with Crippen LogP contribution in [0.2, 0.25) is 0 Å². The Kier molecular flexibility index (Phi) is 6.67. The highest BCUT2D eigenvalue weighted by Gasteiger charge is 2.51. The maximum Gasteiger partial charge on any atom is 0.0725 e. The Labute approximate surface area is 334 Å². The number of benzene rings is 9. The van der Waals surface area contributed by atoms with Crippen molar-refractivity contribution in [2.45, 2.75) is 24.7 Å². The van der Waals surface area contributed by atoms with Crippen LogP contribution in [0, 0.1) is 0 Å². The third-order valence-corrected chi connectivity index (χ3v) is 13.3. The van der Waals surface area contributed by atoms with E-state index in [0.717, 1.165) is 17.1 Å². The van der Waals surface area contributed by atoms with Crippen LogP contribution in [-0.4, -0.2) is 0 Å². The first kappa shape index (κ1) is 32.3. The van der Waals surface area contributed by atoms with Crippen molar-refractivity contribution in [3.05, 3.63) is 234 Å². The summed E-state index contributed by atoms with van der Waals surface area (Å²) in [6.45, 7) is 4.74. The van der Waals surface area contributed by atoms with E-state index in [1.807, 2.05) is 0 Å². The van der Waals surface area contributed by atoms with Gasteiger partial charge < -0.3 is 4.90 Å². The number of hydrogen-bond donors (Lipinski definition) is 0. The molecule has 9 aromatic carbocycles. The Bertz CT molecular complexity index is 3080. The molecule has 0 aliphatic heterocycles. The van der Waals surface area contributed by atoms with E-state index >= 15 is 0 Å². The first-order valence-corrected chi connectivity index (χ1v) is 20.1. The maximum absolute atomic E-state index is 2.48. The molecule has 0 radical (unpaired) electrons. The molecule has 0 saturated carbocycles. The van der Waals surface area contributed by atoms with Crippen molar-refractivity contribution in [2.24, 2.45) is 0 Å². The molecule has 0 aromatic heterocycles. The molecule has 12 rings (SSSR count). The number of fused-ring (bicyclic) bond motifs is 14. The fourth-order valence-corrected chi connectivity index (χ4v) is 10.7. The lowest BCUT2D eigenvalue weighted by atomic mass is 9.70. The van der Waals surface area contributed by atoms with Crippen molar-refractivity contribution < 1.29 is 0 Å². The monoisotopic (exact) mass is 725 g/mol. The molecule has 0 unspecified atom stereocenters. The summed E-state index contributed by atoms with van der Waals surface area (Å²) < 4.78 is 0. The van der Waals surface area contributed by atoms with Crippen LogP contribution in [0.4, 0.5) is 17.1 Å². The van der Waals surface area contributed by atoms with Crippen LogP contribution in [0.1, 0.15) is 47.2 Å². The molecule has 0 bridgehead atoms. The van der Waals surface area contributed by atoms with Gasteiger partial charge in [-0.3, -0.25) is 0 Å². The zero-order valence-electron chi connectivity index (χ0n) is 32.0. The van der Waals surface area contributed by atoms with E-state index in [0.29, 0.717) is 0 Å². The largest absolute Gasteiger partial charge is 0.310 e. The third kappa shape index (κ3) is 4.40. The average molecular weight is 726 g/mol. The summed E-state index contributed by atoms with van der Waals surface area (Å²) in [5.74, 6) is 0. The lowest BCUT2D eigenvalue weighted by Gasteiger charge is -2.31. The number of rotatable bonds is 4. The van der Waals surface area contributed by atoms with Crippen LogP contribution in [0.5, 0.6) is 0 Å². The SMILES string of the molecule is CC1(C)c2ccccc2-c2ccc(N(c3cccc(-c4ccc5ccccc5c4)c3)c3ccc4c(c3)-c3ccccc3C43c4ccccc4-c4ccccc43)cc21. The minimum absolute atomic E-state index is 0.118. The molecule has 268 valence electrons. The van der Waals surface area contributed by atoms with Crippen molar-refractivity contribution in [3.8, 4) is 44.5 Å². The van der Waals surface area contributed by atoms with Gasteiger partial charge in [-0.25, -0.2) is 0 Å². The Morgan fingerprint density at radius 3 is 1.49 bits per heavy atom. The van der Waals surface area contributed by atoms with Crippen molar-refractivity contribution in [1.29, 1.82) is 0 Å². The zero-order valence-corrected chi connectivity index (χ0v) is 32.0. The Morgan fingerprint density at radius 2 is 0.789 bits per heavy atom. The molecule has 1 nitrogen and oxygen atoms in total. The van der Waals surface area contributed by atoms with Gasteiger partial charge in [-0.2, -0.15) is 0 Å². The predicted molar refractivity (Wildman–Crippen MR) is 238 cm³/mol. The summed E-state index contributed by atoms with van der Waals surface area (Å²) >= 11 is 0. The summed E-state index contributed by atoms with van der Waals surface area (Å²) in [5.41, 5.74) is 21.4. The molecule has 0 saturated heterocycles.